The molecule has 1 aliphatic heterocycles. The minimum absolute atomic E-state index is 0. The Hall–Kier alpha value is 0.210. The molecule has 1 fully saturated rings. The first-order chi connectivity index (χ1) is 4.08. The van der Waals surface area contributed by atoms with Gasteiger partial charge in [-0.05, 0) is 20.8 Å². The maximum absolute atomic E-state index is 5.61. The van der Waals surface area contributed by atoms with E-state index in [1.54, 1.807) is 0 Å². The number of nitrogens with one attached hydrogen (secondary N) is 1. The second-order valence-corrected chi connectivity index (χ2v) is 3.51. The molecule has 62 valence electrons. The van der Waals surface area contributed by atoms with Gasteiger partial charge in [-0.3, -0.25) is 0 Å². The molecule has 0 aromatic rings. The maximum Gasteiger partial charge on any atom is 0.0830 e. The molecule has 0 saturated carbocycles. The van der Waals surface area contributed by atoms with Crippen LogP contribution in [0.5, 0.6) is 0 Å². The molecule has 1 rings (SSSR count). The van der Waals surface area contributed by atoms with Crippen LogP contribution in [-0.2, 0) is 4.74 Å². The van der Waals surface area contributed by atoms with E-state index < -0.39 is 0 Å². The minimum atomic E-state index is 0. The molecule has 2 nitrogen and oxygen atoms in total. The van der Waals surface area contributed by atoms with Crippen LogP contribution in [0.15, 0.2) is 0 Å². The van der Waals surface area contributed by atoms with Crippen molar-refractivity contribution in [3.63, 3.8) is 0 Å². The summed E-state index contributed by atoms with van der Waals surface area (Å²) in [5, 5.41) is 3.16. The summed E-state index contributed by atoms with van der Waals surface area (Å²) in [5.41, 5.74) is 0.0345. The number of hydrogen-bond acceptors (Lipinski definition) is 2. The Bertz CT molecular complexity index is 96.3. The lowest BCUT2D eigenvalue weighted by molar-refractivity contribution is -0.0797. The van der Waals surface area contributed by atoms with E-state index in [0.29, 0.717) is 6.10 Å². The summed E-state index contributed by atoms with van der Waals surface area (Å²) in [7, 11) is 0. The minimum Gasteiger partial charge on any atom is -0.370 e. The van der Waals surface area contributed by atoms with Gasteiger partial charge in [0.1, 0.15) is 0 Å². The van der Waals surface area contributed by atoms with E-state index in [1.807, 2.05) is 0 Å². The van der Waals surface area contributed by atoms with Crippen molar-refractivity contribution in [3.05, 3.63) is 0 Å². The lowest BCUT2D eigenvalue weighted by Gasteiger charge is -2.33. The highest BCUT2D eigenvalue weighted by atomic mass is 35.5. The first kappa shape index (κ1) is 10.2. The predicted molar refractivity (Wildman–Crippen MR) is 44.7 cm³/mol. The molecule has 0 aromatic heterocycles. The molecule has 1 heterocycles. The summed E-state index contributed by atoms with van der Waals surface area (Å²) in [5.74, 6) is 0. The van der Waals surface area contributed by atoms with E-state index in [9.17, 15) is 0 Å². The molecule has 0 aliphatic carbocycles. The highest BCUT2D eigenvalue weighted by molar-refractivity contribution is 5.85. The van der Waals surface area contributed by atoms with Crippen molar-refractivity contribution in [2.24, 2.45) is 0 Å². The molecule has 1 saturated heterocycles. The molecule has 3 heteroatoms. The Labute approximate surface area is 68.7 Å². The van der Waals surface area contributed by atoms with Gasteiger partial charge >= 0.3 is 0 Å². The molecule has 0 unspecified atom stereocenters. The quantitative estimate of drug-likeness (QED) is 0.631. The van der Waals surface area contributed by atoms with Crippen molar-refractivity contribution in [2.45, 2.75) is 32.5 Å². The van der Waals surface area contributed by atoms with E-state index in [2.05, 4.69) is 26.1 Å². The zero-order valence-electron chi connectivity index (χ0n) is 6.81. The summed E-state index contributed by atoms with van der Waals surface area (Å²) in [6.07, 6.45) is 0.463. The molecule has 0 amide bonds. The average molecular weight is 166 g/mol. The van der Waals surface area contributed by atoms with Gasteiger partial charge in [0, 0.05) is 13.1 Å². The van der Waals surface area contributed by atoms with Gasteiger partial charge in [0.15, 0.2) is 0 Å². The number of hydrogen-bond donors (Lipinski definition) is 1. The van der Waals surface area contributed by atoms with Crippen molar-refractivity contribution < 1.29 is 4.74 Å². The van der Waals surface area contributed by atoms with Crippen LogP contribution in [-0.4, -0.2) is 24.8 Å². The van der Waals surface area contributed by atoms with Gasteiger partial charge in [0.05, 0.1) is 11.7 Å². The predicted octanol–water partition coefficient (Wildman–Crippen LogP) is 1.20. The highest BCUT2D eigenvalue weighted by Gasteiger charge is 2.23. The normalized spacial score (nSPS) is 19.5. The highest BCUT2D eigenvalue weighted by Crippen LogP contribution is 2.12. The largest absolute Gasteiger partial charge is 0.370 e. The SMILES string of the molecule is CC(C)(C)OC1CNC1.Cl. The lowest BCUT2D eigenvalue weighted by atomic mass is 10.1. The fourth-order valence-corrected chi connectivity index (χ4v) is 0.846. The molecule has 0 aromatic carbocycles. The first-order valence-electron chi connectivity index (χ1n) is 3.46. The van der Waals surface area contributed by atoms with E-state index in [1.165, 1.54) is 0 Å². The van der Waals surface area contributed by atoms with E-state index >= 15 is 0 Å². The van der Waals surface area contributed by atoms with Gasteiger partial charge in [-0.2, -0.15) is 0 Å². The van der Waals surface area contributed by atoms with Crippen molar-refractivity contribution in [3.8, 4) is 0 Å². The van der Waals surface area contributed by atoms with Crippen molar-refractivity contribution in [1.82, 2.24) is 5.32 Å². The van der Waals surface area contributed by atoms with Crippen molar-refractivity contribution in [1.29, 1.82) is 0 Å². The Morgan fingerprint density at radius 3 is 1.90 bits per heavy atom. The fourth-order valence-electron chi connectivity index (χ4n) is 0.846. The van der Waals surface area contributed by atoms with Crippen LogP contribution in [0.1, 0.15) is 20.8 Å². The van der Waals surface area contributed by atoms with Crippen LogP contribution < -0.4 is 5.32 Å². The van der Waals surface area contributed by atoms with Crippen molar-refractivity contribution in [2.75, 3.05) is 13.1 Å². The molecule has 0 atom stereocenters. The van der Waals surface area contributed by atoms with Crippen LogP contribution in [0.25, 0.3) is 0 Å². The summed E-state index contributed by atoms with van der Waals surface area (Å²) in [4.78, 5) is 0. The van der Waals surface area contributed by atoms with Crippen LogP contribution in [0.4, 0.5) is 0 Å². The standard InChI is InChI=1S/C7H15NO.ClH/c1-7(2,3)9-6-4-8-5-6;/h6,8H,4-5H2,1-3H3;1H. The molecular weight excluding hydrogens is 150 g/mol. The molecule has 0 radical (unpaired) electrons. The Morgan fingerprint density at radius 2 is 1.80 bits per heavy atom. The number of ether oxygens (including phenoxy) is 1. The van der Waals surface area contributed by atoms with Crippen LogP contribution in [0, 0.1) is 0 Å². The second-order valence-electron chi connectivity index (χ2n) is 3.51. The zero-order chi connectivity index (χ0) is 6.91. The van der Waals surface area contributed by atoms with E-state index in [0.717, 1.165) is 13.1 Å². The number of rotatable bonds is 1. The van der Waals surface area contributed by atoms with Gasteiger partial charge < -0.3 is 10.1 Å². The monoisotopic (exact) mass is 165 g/mol. The lowest BCUT2D eigenvalue weighted by Crippen LogP contribution is -2.51. The fraction of sp³-hybridized carbons (Fsp3) is 1.00. The smallest absolute Gasteiger partial charge is 0.0830 e. The third-order valence-corrected chi connectivity index (χ3v) is 1.26. The number of halogens is 1. The van der Waals surface area contributed by atoms with Gasteiger partial charge in [0.2, 0.25) is 0 Å². The van der Waals surface area contributed by atoms with Gasteiger partial charge in [-0.15, -0.1) is 12.4 Å². The topological polar surface area (TPSA) is 21.3 Å². The molecular formula is C7H16ClNO. The summed E-state index contributed by atoms with van der Waals surface area (Å²) < 4.78 is 5.61. The summed E-state index contributed by atoms with van der Waals surface area (Å²) in [6, 6.07) is 0. The Kier molecular flexibility index (Phi) is 3.63. The van der Waals surface area contributed by atoms with Crippen LogP contribution >= 0.6 is 12.4 Å². The molecule has 10 heavy (non-hydrogen) atoms. The molecule has 1 N–H and O–H groups in total. The summed E-state index contributed by atoms with van der Waals surface area (Å²) >= 11 is 0. The van der Waals surface area contributed by atoms with Gasteiger partial charge in [-0.25, -0.2) is 0 Å². The van der Waals surface area contributed by atoms with Crippen molar-refractivity contribution >= 4 is 12.4 Å². The summed E-state index contributed by atoms with van der Waals surface area (Å²) in [6.45, 7) is 8.32. The third-order valence-electron chi connectivity index (χ3n) is 1.26. The van der Waals surface area contributed by atoms with Gasteiger partial charge in [-0.1, -0.05) is 0 Å². The molecule has 0 spiro atoms. The van der Waals surface area contributed by atoms with E-state index in [4.69, 9.17) is 4.74 Å². The maximum atomic E-state index is 5.61. The average Bonchev–Trinajstić information content (AvgIpc) is 1.53. The van der Waals surface area contributed by atoms with Gasteiger partial charge in [0.25, 0.3) is 0 Å². The second kappa shape index (κ2) is 3.56. The molecule has 1 aliphatic rings. The van der Waals surface area contributed by atoms with E-state index in [-0.39, 0.29) is 18.0 Å². The third kappa shape index (κ3) is 3.40. The zero-order valence-corrected chi connectivity index (χ0v) is 7.62. The Morgan fingerprint density at radius 1 is 1.30 bits per heavy atom. The molecule has 0 bridgehead atoms. The van der Waals surface area contributed by atoms with Crippen LogP contribution in [0.3, 0.4) is 0 Å². The van der Waals surface area contributed by atoms with Crippen LogP contribution in [0.2, 0.25) is 0 Å². The first-order valence-corrected chi connectivity index (χ1v) is 3.46. The Balaban J connectivity index is 0.000000810.